The smallest absolute Gasteiger partial charge is 0.250 e. The quantitative estimate of drug-likeness (QED) is 0.516. The minimum absolute atomic E-state index is 0.532. The monoisotopic (exact) mass is 299 g/mol. The number of anilines is 1. The van der Waals surface area contributed by atoms with Gasteiger partial charge in [0.1, 0.15) is 6.33 Å². The minimum atomic E-state index is -4.86. The second kappa shape index (κ2) is 5.17. The molecular formula is C12H12F3N5O. The Kier molecular flexibility index (Phi) is 3.69. The van der Waals surface area contributed by atoms with E-state index < -0.39 is 22.9 Å². The first-order chi connectivity index (χ1) is 9.71. The molecule has 0 saturated heterocycles. The van der Waals surface area contributed by atoms with E-state index in [1.807, 2.05) is 0 Å². The second-order valence-corrected chi connectivity index (χ2v) is 4.39. The van der Waals surface area contributed by atoms with Crippen LogP contribution in [0, 0.1) is 13.8 Å². The molecule has 0 radical (unpaired) electrons. The maximum atomic E-state index is 12.4. The fraction of sp³-hybridized carbons (Fsp3) is 0.250. The Morgan fingerprint density at radius 3 is 2.29 bits per heavy atom. The van der Waals surface area contributed by atoms with Crippen molar-refractivity contribution in [2.75, 3.05) is 5.01 Å². The summed E-state index contributed by atoms with van der Waals surface area (Å²) in [6.07, 6.45) is -3.89. The van der Waals surface area contributed by atoms with Crippen LogP contribution in [-0.4, -0.2) is 20.8 Å². The third kappa shape index (κ3) is 2.87. The third-order valence-corrected chi connectivity index (χ3v) is 2.86. The van der Waals surface area contributed by atoms with Crippen molar-refractivity contribution < 1.29 is 13.2 Å². The van der Waals surface area contributed by atoms with Crippen LogP contribution in [0.15, 0.2) is 29.3 Å². The maximum absolute atomic E-state index is 12.4. The molecular weight excluding hydrogens is 287 g/mol. The lowest BCUT2D eigenvalue weighted by Gasteiger charge is -2.19. The van der Waals surface area contributed by atoms with Crippen LogP contribution in [0.1, 0.15) is 11.1 Å². The van der Waals surface area contributed by atoms with Crippen molar-refractivity contribution >= 4 is 5.95 Å². The largest absolute Gasteiger partial charge is 0.501 e. The molecule has 0 aliphatic heterocycles. The normalized spacial score (nSPS) is 11.5. The lowest BCUT2D eigenvalue weighted by atomic mass is 10.1. The second-order valence-electron chi connectivity index (χ2n) is 4.39. The van der Waals surface area contributed by atoms with Gasteiger partial charge >= 0.3 is 12.0 Å². The summed E-state index contributed by atoms with van der Waals surface area (Å²) in [4.78, 5) is 18.7. The number of hydrogen-bond acceptors (Lipinski definition) is 5. The van der Waals surface area contributed by atoms with Gasteiger partial charge in [0.05, 0.1) is 5.69 Å². The van der Waals surface area contributed by atoms with Gasteiger partial charge in [-0.05, 0) is 25.0 Å². The molecule has 0 amide bonds. The van der Waals surface area contributed by atoms with Gasteiger partial charge in [-0.3, -0.25) is 4.57 Å². The van der Waals surface area contributed by atoms with Gasteiger partial charge in [-0.2, -0.15) is 9.99 Å². The fourth-order valence-corrected chi connectivity index (χ4v) is 1.90. The molecule has 1 aromatic carbocycles. The van der Waals surface area contributed by atoms with Gasteiger partial charge in [-0.15, -0.1) is 13.2 Å². The molecule has 9 heteroatoms. The van der Waals surface area contributed by atoms with Crippen LogP contribution in [0.25, 0.3) is 5.69 Å². The van der Waals surface area contributed by atoms with E-state index in [2.05, 4.69) is 9.97 Å². The number of rotatable bonds is 2. The van der Waals surface area contributed by atoms with Crippen molar-refractivity contribution in [1.29, 1.82) is 0 Å². The van der Waals surface area contributed by atoms with Gasteiger partial charge in [0.2, 0.25) is 0 Å². The van der Waals surface area contributed by atoms with E-state index in [1.165, 1.54) is 0 Å². The van der Waals surface area contributed by atoms with Crippen molar-refractivity contribution in [1.82, 2.24) is 14.5 Å². The Hall–Kier alpha value is -2.42. The van der Waals surface area contributed by atoms with E-state index in [4.69, 9.17) is 5.84 Å². The number of alkyl halides is 3. The number of para-hydroxylation sites is 1. The lowest BCUT2D eigenvalue weighted by molar-refractivity contribution is -0.130. The van der Waals surface area contributed by atoms with Crippen molar-refractivity contribution in [3.8, 4) is 5.69 Å². The van der Waals surface area contributed by atoms with Gasteiger partial charge in [0.15, 0.2) is 0 Å². The first kappa shape index (κ1) is 15.0. The summed E-state index contributed by atoms with van der Waals surface area (Å²) in [5.74, 6) is 3.92. The predicted molar refractivity (Wildman–Crippen MR) is 69.8 cm³/mol. The number of hydrazine groups is 1. The van der Waals surface area contributed by atoms with Crippen molar-refractivity contribution in [2.24, 2.45) is 5.84 Å². The molecule has 0 atom stereocenters. The Balaban J connectivity index is 2.53. The standard InChI is InChI=1S/C12H12F3N5O/c1-7-4-3-5-8(2)9(7)19-6-17-10(18-11(19)21)20(16)12(13,14)15/h3-6H,16H2,1-2H3. The average molecular weight is 299 g/mol. The Bertz CT molecular complexity index is 705. The van der Waals surface area contributed by atoms with Gasteiger partial charge in [0.25, 0.3) is 5.95 Å². The van der Waals surface area contributed by atoms with E-state index >= 15 is 0 Å². The number of hydrogen-bond donors (Lipinski definition) is 1. The van der Waals surface area contributed by atoms with Gasteiger partial charge in [-0.25, -0.2) is 15.6 Å². The van der Waals surface area contributed by atoms with Crippen LogP contribution >= 0.6 is 0 Å². The summed E-state index contributed by atoms with van der Waals surface area (Å²) in [7, 11) is 0. The number of nitrogens with two attached hydrogens (primary N) is 1. The van der Waals surface area contributed by atoms with Crippen molar-refractivity contribution in [2.45, 2.75) is 20.1 Å². The first-order valence-electron chi connectivity index (χ1n) is 5.85. The van der Waals surface area contributed by atoms with Crippen molar-refractivity contribution in [3.63, 3.8) is 0 Å². The van der Waals surface area contributed by atoms with Crippen LogP contribution in [-0.2, 0) is 0 Å². The summed E-state index contributed by atoms with van der Waals surface area (Å²) in [5.41, 5.74) is 1.18. The highest BCUT2D eigenvalue weighted by molar-refractivity contribution is 5.46. The molecule has 21 heavy (non-hydrogen) atoms. The zero-order valence-corrected chi connectivity index (χ0v) is 11.2. The molecule has 0 saturated carbocycles. The molecule has 1 heterocycles. The molecule has 2 aromatic rings. The van der Waals surface area contributed by atoms with E-state index in [0.717, 1.165) is 22.0 Å². The average Bonchev–Trinajstić information content (AvgIpc) is 2.38. The molecule has 0 aliphatic carbocycles. The summed E-state index contributed by atoms with van der Waals surface area (Å²) in [6.45, 7) is 3.54. The molecule has 6 nitrogen and oxygen atoms in total. The summed E-state index contributed by atoms with van der Waals surface area (Å²) >= 11 is 0. The maximum Gasteiger partial charge on any atom is 0.501 e. The van der Waals surface area contributed by atoms with Crippen molar-refractivity contribution in [3.05, 3.63) is 46.1 Å². The zero-order chi connectivity index (χ0) is 15.8. The minimum Gasteiger partial charge on any atom is -0.250 e. The topological polar surface area (TPSA) is 77.0 Å². The van der Waals surface area contributed by atoms with Crippen LogP contribution in [0.3, 0.4) is 0 Å². The Morgan fingerprint density at radius 1 is 1.24 bits per heavy atom. The molecule has 0 spiro atoms. The van der Waals surface area contributed by atoms with Crippen LogP contribution < -0.4 is 16.5 Å². The molecule has 0 fully saturated rings. The van der Waals surface area contributed by atoms with Crippen LogP contribution in [0.4, 0.5) is 19.1 Å². The molecule has 0 unspecified atom stereocenters. The SMILES string of the molecule is Cc1cccc(C)c1-n1cnc(N(N)C(F)(F)F)nc1=O. The Morgan fingerprint density at radius 2 is 1.81 bits per heavy atom. The van der Waals surface area contributed by atoms with E-state index in [0.29, 0.717) is 5.69 Å². The molecule has 0 bridgehead atoms. The molecule has 112 valence electrons. The molecule has 0 aliphatic rings. The molecule has 1 aromatic heterocycles. The first-order valence-corrected chi connectivity index (χ1v) is 5.85. The summed E-state index contributed by atoms with van der Waals surface area (Å²) in [6, 6.07) is 5.35. The molecule has 2 N–H and O–H groups in total. The highest BCUT2D eigenvalue weighted by Gasteiger charge is 2.37. The Labute approximate surface area is 117 Å². The lowest BCUT2D eigenvalue weighted by Crippen LogP contribution is -2.46. The van der Waals surface area contributed by atoms with Gasteiger partial charge in [-0.1, -0.05) is 18.2 Å². The zero-order valence-electron chi connectivity index (χ0n) is 11.2. The molecule has 2 rings (SSSR count). The van der Waals surface area contributed by atoms with Crippen LogP contribution in [0.2, 0.25) is 0 Å². The number of halogens is 3. The summed E-state index contributed by atoms with van der Waals surface area (Å²) < 4.78 is 38.4. The number of aromatic nitrogens is 3. The number of nitrogens with zero attached hydrogens (tertiary/aromatic N) is 4. The highest BCUT2D eigenvalue weighted by Crippen LogP contribution is 2.21. The van der Waals surface area contributed by atoms with E-state index in [1.54, 1.807) is 32.0 Å². The number of benzene rings is 1. The predicted octanol–water partition coefficient (Wildman–Crippen LogP) is 1.44. The highest BCUT2D eigenvalue weighted by atomic mass is 19.4. The van der Waals surface area contributed by atoms with Gasteiger partial charge in [0, 0.05) is 0 Å². The van der Waals surface area contributed by atoms with E-state index in [9.17, 15) is 18.0 Å². The fourth-order valence-electron chi connectivity index (χ4n) is 1.90. The third-order valence-electron chi connectivity index (χ3n) is 2.86. The van der Waals surface area contributed by atoms with Gasteiger partial charge < -0.3 is 0 Å². The van der Waals surface area contributed by atoms with Crippen LogP contribution in [0.5, 0.6) is 0 Å². The van der Waals surface area contributed by atoms with E-state index in [-0.39, 0.29) is 0 Å². The number of aryl methyl sites for hydroxylation is 2. The summed E-state index contributed by atoms with van der Waals surface area (Å²) in [5, 5.41) is -0.608.